The van der Waals surface area contributed by atoms with Gasteiger partial charge in [-0.2, -0.15) is 4.68 Å². The van der Waals surface area contributed by atoms with Gasteiger partial charge in [0.25, 0.3) is 11.1 Å². The van der Waals surface area contributed by atoms with E-state index >= 15 is 0 Å². The maximum absolute atomic E-state index is 14.1. The van der Waals surface area contributed by atoms with Crippen molar-refractivity contribution in [1.82, 2.24) is 23.9 Å². The fourth-order valence-electron chi connectivity index (χ4n) is 4.66. The van der Waals surface area contributed by atoms with Crippen LogP contribution in [0, 0.1) is 6.92 Å². The Morgan fingerprint density at radius 2 is 1.76 bits per heavy atom. The lowest BCUT2D eigenvalue weighted by Gasteiger charge is -2.12. The lowest BCUT2D eigenvalue weighted by Crippen LogP contribution is -2.24. The van der Waals surface area contributed by atoms with Gasteiger partial charge in [0, 0.05) is 17.8 Å². The number of hydrogen-bond donors (Lipinski definition) is 0. The van der Waals surface area contributed by atoms with Crippen LogP contribution in [0.15, 0.2) is 82.4 Å². The molecule has 6 rings (SSSR count). The Balaban J connectivity index is 1.60. The lowest BCUT2D eigenvalue weighted by atomic mass is 10.2. The van der Waals surface area contributed by atoms with Crippen molar-refractivity contribution in [3.63, 3.8) is 0 Å². The summed E-state index contributed by atoms with van der Waals surface area (Å²) in [7, 11) is 1.61. The molecule has 0 spiro atoms. The topological polar surface area (TPSA) is 83.9 Å². The minimum Gasteiger partial charge on any atom is -0.497 e. The van der Waals surface area contributed by atoms with Crippen LogP contribution in [0.2, 0.25) is 5.15 Å². The number of aromatic nitrogens is 5. The molecule has 6 aromatic rings. The molecule has 0 aliphatic rings. The molecule has 38 heavy (non-hydrogen) atoms. The number of aryl methyl sites for hydroxylation is 1. The van der Waals surface area contributed by atoms with E-state index in [0.29, 0.717) is 44.9 Å². The van der Waals surface area contributed by atoms with E-state index in [9.17, 15) is 9.59 Å². The summed E-state index contributed by atoms with van der Waals surface area (Å²) in [6.45, 7) is 2.37. The van der Waals surface area contributed by atoms with Gasteiger partial charge in [0.2, 0.25) is 5.13 Å². The molecule has 10 heteroatoms. The number of nitrogens with zero attached hydrogens (tertiary/aromatic N) is 5. The van der Waals surface area contributed by atoms with Gasteiger partial charge < -0.3 is 9.30 Å². The Hall–Kier alpha value is -4.21. The molecular weight excluding hydrogens is 522 g/mol. The van der Waals surface area contributed by atoms with Crippen molar-refractivity contribution in [2.45, 2.75) is 20.0 Å². The van der Waals surface area contributed by atoms with E-state index < -0.39 is 0 Å². The quantitative estimate of drug-likeness (QED) is 0.275. The largest absolute Gasteiger partial charge is 0.497 e. The Morgan fingerprint density at radius 1 is 0.947 bits per heavy atom. The summed E-state index contributed by atoms with van der Waals surface area (Å²) < 4.78 is 11.2. The smallest absolute Gasteiger partial charge is 0.283 e. The Bertz CT molecular complexity index is 1940. The highest BCUT2D eigenvalue weighted by atomic mass is 35.5. The van der Waals surface area contributed by atoms with Crippen molar-refractivity contribution in [1.29, 1.82) is 0 Å². The minimum absolute atomic E-state index is 0.200. The van der Waals surface area contributed by atoms with Crippen LogP contribution in [-0.2, 0) is 13.1 Å². The van der Waals surface area contributed by atoms with E-state index in [2.05, 4.69) is 4.98 Å². The standard InChI is InChI=1S/C28H22ClN5O3S/c1-17-26-22(14-25(35)32(17)16-19-9-6-10-24(29)30-19)33(15-18-7-4-3-5-8-18)34(27(26)36)28-31-21-13-20(37-2)11-12-23(21)38-28/h3-14H,15-16H2,1-2H3. The van der Waals surface area contributed by atoms with Crippen molar-refractivity contribution in [3.8, 4) is 10.9 Å². The number of fused-ring (bicyclic) bond motifs is 2. The molecule has 0 aliphatic heterocycles. The molecule has 0 aliphatic carbocycles. The second-order valence-electron chi connectivity index (χ2n) is 8.86. The van der Waals surface area contributed by atoms with Crippen molar-refractivity contribution in [2.75, 3.05) is 7.11 Å². The van der Waals surface area contributed by atoms with Gasteiger partial charge in [-0.05, 0) is 36.8 Å². The van der Waals surface area contributed by atoms with Crippen LogP contribution in [-0.4, -0.2) is 31.0 Å². The molecule has 0 fully saturated rings. The minimum atomic E-state index is -0.243. The van der Waals surface area contributed by atoms with Crippen LogP contribution in [0.25, 0.3) is 26.3 Å². The molecule has 8 nitrogen and oxygen atoms in total. The van der Waals surface area contributed by atoms with Crippen molar-refractivity contribution in [2.24, 2.45) is 0 Å². The maximum Gasteiger partial charge on any atom is 0.283 e. The molecule has 0 radical (unpaired) electrons. The third-order valence-electron chi connectivity index (χ3n) is 6.51. The maximum atomic E-state index is 14.1. The first kappa shape index (κ1) is 24.1. The van der Waals surface area contributed by atoms with Crippen LogP contribution >= 0.6 is 22.9 Å². The molecule has 0 atom stereocenters. The van der Waals surface area contributed by atoms with Crippen LogP contribution < -0.4 is 15.9 Å². The van der Waals surface area contributed by atoms with Gasteiger partial charge in [0.1, 0.15) is 10.9 Å². The summed E-state index contributed by atoms with van der Waals surface area (Å²) in [6.07, 6.45) is 0. The number of hydrogen-bond acceptors (Lipinski definition) is 6. The van der Waals surface area contributed by atoms with E-state index in [1.165, 1.54) is 17.4 Å². The molecule has 0 bridgehead atoms. The molecular formula is C28H22ClN5O3S. The van der Waals surface area contributed by atoms with Crippen molar-refractivity contribution in [3.05, 3.63) is 116 Å². The molecule has 0 unspecified atom stereocenters. The highest BCUT2D eigenvalue weighted by Crippen LogP contribution is 2.29. The normalized spacial score (nSPS) is 11.4. The Kier molecular flexibility index (Phi) is 6.09. The van der Waals surface area contributed by atoms with Gasteiger partial charge in [-0.1, -0.05) is 59.3 Å². The van der Waals surface area contributed by atoms with E-state index in [1.807, 2.05) is 53.2 Å². The summed E-state index contributed by atoms with van der Waals surface area (Å²) in [5.74, 6) is 0.689. The van der Waals surface area contributed by atoms with E-state index in [1.54, 1.807) is 41.5 Å². The van der Waals surface area contributed by atoms with Gasteiger partial charge in [-0.15, -0.1) is 0 Å². The molecule has 0 amide bonds. The molecule has 0 saturated heterocycles. The monoisotopic (exact) mass is 543 g/mol. The second-order valence-corrected chi connectivity index (χ2v) is 10.3. The Morgan fingerprint density at radius 3 is 2.53 bits per heavy atom. The van der Waals surface area contributed by atoms with Crippen LogP contribution in [0.5, 0.6) is 5.75 Å². The zero-order chi connectivity index (χ0) is 26.4. The van der Waals surface area contributed by atoms with Gasteiger partial charge >= 0.3 is 0 Å². The van der Waals surface area contributed by atoms with Gasteiger partial charge in [-0.3, -0.25) is 14.3 Å². The highest BCUT2D eigenvalue weighted by Gasteiger charge is 2.22. The highest BCUT2D eigenvalue weighted by molar-refractivity contribution is 7.20. The van der Waals surface area contributed by atoms with Crippen LogP contribution in [0.4, 0.5) is 0 Å². The summed E-state index contributed by atoms with van der Waals surface area (Å²) in [4.78, 5) is 36.5. The zero-order valence-electron chi connectivity index (χ0n) is 20.6. The molecule has 190 valence electrons. The van der Waals surface area contributed by atoms with Crippen molar-refractivity contribution < 1.29 is 4.74 Å². The number of rotatable bonds is 6. The van der Waals surface area contributed by atoms with E-state index in [4.69, 9.17) is 21.3 Å². The fraction of sp³-hybridized carbons (Fsp3) is 0.143. The van der Waals surface area contributed by atoms with E-state index in [0.717, 1.165) is 15.8 Å². The third-order valence-corrected chi connectivity index (χ3v) is 7.73. The molecule has 4 aromatic heterocycles. The van der Waals surface area contributed by atoms with Gasteiger partial charge in [0.05, 0.1) is 47.0 Å². The summed E-state index contributed by atoms with van der Waals surface area (Å²) >= 11 is 7.47. The lowest BCUT2D eigenvalue weighted by molar-refractivity contribution is 0.415. The van der Waals surface area contributed by atoms with Gasteiger partial charge in [0.15, 0.2) is 0 Å². The average Bonchev–Trinajstić information content (AvgIpc) is 3.44. The number of benzene rings is 2. The average molecular weight is 544 g/mol. The first-order valence-corrected chi connectivity index (χ1v) is 13.1. The molecule has 0 N–H and O–H groups in total. The van der Waals surface area contributed by atoms with Crippen molar-refractivity contribution >= 4 is 44.1 Å². The number of methoxy groups -OCH3 is 1. The zero-order valence-corrected chi connectivity index (χ0v) is 22.2. The third kappa shape index (κ3) is 4.19. The number of thiazole rings is 1. The first-order valence-electron chi connectivity index (χ1n) is 11.9. The van der Waals surface area contributed by atoms with Crippen LogP contribution in [0.1, 0.15) is 17.0 Å². The molecule has 0 saturated carbocycles. The molecule has 2 aromatic carbocycles. The summed E-state index contributed by atoms with van der Waals surface area (Å²) in [5.41, 5.74) is 2.99. The van der Waals surface area contributed by atoms with Crippen LogP contribution in [0.3, 0.4) is 0 Å². The number of halogens is 1. The van der Waals surface area contributed by atoms with E-state index in [-0.39, 0.29) is 17.7 Å². The first-order chi connectivity index (χ1) is 18.4. The van der Waals surface area contributed by atoms with Gasteiger partial charge in [-0.25, -0.2) is 9.97 Å². The predicted octanol–water partition coefficient (Wildman–Crippen LogP) is 5.03. The molecule has 4 heterocycles. The SMILES string of the molecule is COc1ccc2sc(-n3c(=O)c4c(C)n(Cc5cccc(Cl)n5)c(=O)cc4n3Cc3ccccc3)nc2c1. The Labute approximate surface area is 225 Å². The fourth-order valence-corrected chi connectivity index (χ4v) is 5.79. The summed E-state index contributed by atoms with van der Waals surface area (Å²) in [6, 6.07) is 22.2. The number of ether oxygens (including phenoxy) is 1. The second kappa shape index (κ2) is 9.59. The predicted molar refractivity (Wildman–Crippen MR) is 150 cm³/mol. The summed E-state index contributed by atoms with van der Waals surface area (Å²) in [5, 5.41) is 1.32. The number of pyridine rings is 2.